The second-order valence-corrected chi connectivity index (χ2v) is 5.33. The molecular weight excluding hydrogens is 198 g/mol. The van der Waals surface area contributed by atoms with Crippen molar-refractivity contribution in [2.45, 2.75) is 51.1 Å². The molecule has 1 N–H and O–H groups in total. The number of nitrogens with zero attached hydrogens (tertiary/aromatic N) is 2. The summed E-state index contributed by atoms with van der Waals surface area (Å²) in [5, 5.41) is 3.56. The first-order valence-electron chi connectivity index (χ1n) is 6.64. The van der Waals surface area contributed by atoms with E-state index >= 15 is 0 Å². The fourth-order valence-electron chi connectivity index (χ4n) is 2.82. The standard InChI is InChI=1S/C13H21N3/c1-3-11(4-1)9-16-10-14-8-13(16)7-12-5-2-6-15-12/h8,10-12,15H,1-7,9H2. The van der Waals surface area contributed by atoms with Gasteiger partial charge >= 0.3 is 0 Å². The Morgan fingerprint density at radius 2 is 2.25 bits per heavy atom. The summed E-state index contributed by atoms with van der Waals surface area (Å²) in [5.74, 6) is 0.921. The smallest absolute Gasteiger partial charge is 0.0948 e. The fraction of sp³-hybridized carbons (Fsp3) is 0.769. The zero-order valence-electron chi connectivity index (χ0n) is 9.86. The molecule has 1 aromatic rings. The molecule has 1 aliphatic carbocycles. The van der Waals surface area contributed by atoms with E-state index in [0.29, 0.717) is 6.04 Å². The minimum atomic E-state index is 0.692. The molecule has 16 heavy (non-hydrogen) atoms. The summed E-state index contributed by atoms with van der Waals surface area (Å²) < 4.78 is 2.38. The van der Waals surface area contributed by atoms with Gasteiger partial charge < -0.3 is 9.88 Å². The van der Waals surface area contributed by atoms with Gasteiger partial charge in [0.1, 0.15) is 0 Å². The van der Waals surface area contributed by atoms with Gasteiger partial charge in [0.25, 0.3) is 0 Å². The highest BCUT2D eigenvalue weighted by molar-refractivity contribution is 5.02. The van der Waals surface area contributed by atoms with Gasteiger partial charge in [0.2, 0.25) is 0 Å². The van der Waals surface area contributed by atoms with Crippen LogP contribution in [0.3, 0.4) is 0 Å². The topological polar surface area (TPSA) is 29.9 Å². The van der Waals surface area contributed by atoms with Gasteiger partial charge in [-0.3, -0.25) is 0 Å². The Morgan fingerprint density at radius 3 is 2.94 bits per heavy atom. The van der Waals surface area contributed by atoms with Crippen molar-refractivity contribution in [3.63, 3.8) is 0 Å². The molecule has 0 amide bonds. The zero-order valence-corrected chi connectivity index (χ0v) is 9.86. The number of hydrogen-bond donors (Lipinski definition) is 1. The molecule has 3 rings (SSSR count). The first-order valence-corrected chi connectivity index (χ1v) is 6.64. The molecule has 2 fully saturated rings. The second kappa shape index (κ2) is 4.58. The first-order chi connectivity index (χ1) is 7.92. The average Bonchev–Trinajstić information content (AvgIpc) is 2.84. The summed E-state index contributed by atoms with van der Waals surface area (Å²) in [7, 11) is 0. The third-order valence-electron chi connectivity index (χ3n) is 4.10. The summed E-state index contributed by atoms with van der Waals surface area (Å²) in [6, 6.07) is 0.692. The predicted octanol–water partition coefficient (Wildman–Crippen LogP) is 1.98. The maximum absolute atomic E-state index is 4.31. The van der Waals surface area contributed by atoms with E-state index in [1.165, 1.54) is 50.9 Å². The summed E-state index contributed by atoms with van der Waals surface area (Å²) in [6.45, 7) is 2.39. The molecule has 2 aliphatic rings. The number of nitrogens with one attached hydrogen (secondary N) is 1. The molecule has 3 heteroatoms. The maximum Gasteiger partial charge on any atom is 0.0948 e. The van der Waals surface area contributed by atoms with Gasteiger partial charge in [-0.2, -0.15) is 0 Å². The minimum absolute atomic E-state index is 0.692. The zero-order chi connectivity index (χ0) is 10.8. The molecule has 0 bridgehead atoms. The summed E-state index contributed by atoms with van der Waals surface area (Å²) in [5.41, 5.74) is 1.42. The lowest BCUT2D eigenvalue weighted by molar-refractivity contribution is 0.273. The molecule has 1 saturated carbocycles. The van der Waals surface area contributed by atoms with E-state index < -0.39 is 0 Å². The normalized spacial score (nSPS) is 25.9. The van der Waals surface area contributed by atoms with E-state index in [9.17, 15) is 0 Å². The van der Waals surface area contributed by atoms with Gasteiger partial charge in [0, 0.05) is 30.9 Å². The Balaban J connectivity index is 1.61. The predicted molar refractivity (Wildman–Crippen MR) is 64.3 cm³/mol. The highest BCUT2D eigenvalue weighted by Gasteiger charge is 2.20. The largest absolute Gasteiger partial charge is 0.334 e. The molecule has 0 radical (unpaired) electrons. The van der Waals surface area contributed by atoms with Crippen molar-refractivity contribution in [1.82, 2.24) is 14.9 Å². The molecule has 1 unspecified atom stereocenters. The molecule has 1 aromatic heterocycles. The Kier molecular flexibility index (Phi) is 2.96. The van der Waals surface area contributed by atoms with Crippen LogP contribution in [0.15, 0.2) is 12.5 Å². The number of hydrogen-bond acceptors (Lipinski definition) is 2. The fourth-order valence-corrected chi connectivity index (χ4v) is 2.82. The lowest BCUT2D eigenvalue weighted by Crippen LogP contribution is -2.26. The van der Waals surface area contributed by atoms with Gasteiger partial charge in [-0.05, 0) is 38.1 Å². The van der Waals surface area contributed by atoms with Gasteiger partial charge in [0.05, 0.1) is 6.33 Å². The Hall–Kier alpha value is -0.830. The lowest BCUT2D eigenvalue weighted by Gasteiger charge is -2.26. The number of aromatic nitrogens is 2. The van der Waals surface area contributed by atoms with E-state index in [0.717, 1.165) is 12.3 Å². The van der Waals surface area contributed by atoms with Crippen LogP contribution >= 0.6 is 0 Å². The van der Waals surface area contributed by atoms with Crippen molar-refractivity contribution in [3.8, 4) is 0 Å². The van der Waals surface area contributed by atoms with Crippen LogP contribution in [-0.2, 0) is 13.0 Å². The summed E-state index contributed by atoms with van der Waals surface area (Å²) >= 11 is 0. The molecule has 0 aromatic carbocycles. The molecule has 1 aliphatic heterocycles. The third kappa shape index (κ3) is 2.14. The van der Waals surface area contributed by atoms with Gasteiger partial charge in [-0.1, -0.05) is 6.42 Å². The van der Waals surface area contributed by atoms with Crippen LogP contribution < -0.4 is 5.32 Å². The Labute approximate surface area is 97.3 Å². The van der Waals surface area contributed by atoms with E-state index in [2.05, 4.69) is 21.1 Å². The third-order valence-corrected chi connectivity index (χ3v) is 4.10. The highest BCUT2D eigenvalue weighted by Crippen LogP contribution is 2.28. The molecule has 2 heterocycles. The Bertz CT molecular complexity index is 335. The maximum atomic E-state index is 4.31. The van der Waals surface area contributed by atoms with Gasteiger partial charge in [0.15, 0.2) is 0 Å². The van der Waals surface area contributed by atoms with Crippen molar-refractivity contribution in [2.75, 3.05) is 6.54 Å². The summed E-state index contributed by atoms with van der Waals surface area (Å²) in [4.78, 5) is 4.31. The number of rotatable bonds is 4. The van der Waals surface area contributed by atoms with Crippen LogP contribution in [0.25, 0.3) is 0 Å². The van der Waals surface area contributed by atoms with Crippen molar-refractivity contribution in [2.24, 2.45) is 5.92 Å². The van der Waals surface area contributed by atoms with E-state index in [4.69, 9.17) is 0 Å². The first kappa shape index (κ1) is 10.3. The molecule has 0 spiro atoms. The van der Waals surface area contributed by atoms with Crippen LogP contribution in [0.2, 0.25) is 0 Å². The van der Waals surface area contributed by atoms with Crippen molar-refractivity contribution in [3.05, 3.63) is 18.2 Å². The average molecular weight is 219 g/mol. The molecule has 1 saturated heterocycles. The molecule has 88 valence electrons. The van der Waals surface area contributed by atoms with Gasteiger partial charge in [-0.15, -0.1) is 0 Å². The molecular formula is C13H21N3. The van der Waals surface area contributed by atoms with Crippen LogP contribution in [0, 0.1) is 5.92 Å². The van der Waals surface area contributed by atoms with Gasteiger partial charge in [-0.25, -0.2) is 4.98 Å². The number of imidazole rings is 1. The van der Waals surface area contributed by atoms with E-state index in [1.54, 1.807) is 0 Å². The summed E-state index contributed by atoms with van der Waals surface area (Å²) in [6.07, 6.45) is 12.2. The van der Waals surface area contributed by atoms with Crippen LogP contribution in [-0.4, -0.2) is 22.1 Å². The van der Waals surface area contributed by atoms with Crippen molar-refractivity contribution >= 4 is 0 Å². The van der Waals surface area contributed by atoms with E-state index in [1.807, 2.05) is 6.33 Å². The molecule has 3 nitrogen and oxygen atoms in total. The second-order valence-electron chi connectivity index (χ2n) is 5.33. The van der Waals surface area contributed by atoms with Crippen molar-refractivity contribution in [1.29, 1.82) is 0 Å². The molecule has 1 atom stereocenters. The highest BCUT2D eigenvalue weighted by atomic mass is 15.1. The minimum Gasteiger partial charge on any atom is -0.334 e. The van der Waals surface area contributed by atoms with Crippen LogP contribution in [0.4, 0.5) is 0 Å². The Morgan fingerprint density at radius 1 is 1.31 bits per heavy atom. The van der Waals surface area contributed by atoms with Crippen LogP contribution in [0.1, 0.15) is 37.8 Å². The monoisotopic (exact) mass is 219 g/mol. The SMILES string of the molecule is c1ncn(CC2CCC2)c1CC1CCCN1. The van der Waals surface area contributed by atoms with Crippen molar-refractivity contribution < 1.29 is 0 Å². The van der Waals surface area contributed by atoms with E-state index in [-0.39, 0.29) is 0 Å². The van der Waals surface area contributed by atoms with Crippen LogP contribution in [0.5, 0.6) is 0 Å². The quantitative estimate of drug-likeness (QED) is 0.839. The lowest BCUT2D eigenvalue weighted by atomic mass is 9.85.